The number of amides is 1. The quantitative estimate of drug-likeness (QED) is 0.425. The van der Waals surface area contributed by atoms with E-state index in [0.29, 0.717) is 11.4 Å². The largest absolute Gasteiger partial charge is 0.319 e. The van der Waals surface area contributed by atoms with Gasteiger partial charge in [-0.15, -0.1) is 0 Å². The van der Waals surface area contributed by atoms with Crippen LogP contribution in [-0.4, -0.2) is 24.1 Å². The third kappa shape index (κ3) is 4.08. The fourth-order valence-electron chi connectivity index (χ4n) is 4.29. The molecule has 0 saturated carbocycles. The molecule has 1 amide bonds. The smallest absolute Gasteiger partial charge is 0.276 e. The highest BCUT2D eigenvalue weighted by atomic mass is 32.2. The molecule has 0 spiro atoms. The van der Waals surface area contributed by atoms with Gasteiger partial charge in [0.05, 0.1) is 22.0 Å². The Morgan fingerprint density at radius 3 is 2.32 bits per heavy atom. The standard InChI is InChI=1S/C26H24N4O3S/c1-18-10-5-8-16-23(18)30-24-17-9-13-20(24)25(28-30)26(31)27-21-14-6-7-15-22(21)29-34(32,33)19-11-3-2-4-12-19/h2-8,10-12,14-16,29H,9,13,17H2,1H3,(H,27,31). The first kappa shape index (κ1) is 21.9. The van der Waals surface area contributed by atoms with Crippen molar-refractivity contribution in [1.82, 2.24) is 9.78 Å². The normalized spacial score (nSPS) is 12.9. The Bertz CT molecular complexity index is 1480. The van der Waals surface area contributed by atoms with Crippen molar-refractivity contribution in [3.8, 4) is 5.69 Å². The van der Waals surface area contributed by atoms with E-state index in [-0.39, 0.29) is 16.5 Å². The molecule has 172 valence electrons. The molecule has 0 radical (unpaired) electrons. The molecule has 1 aromatic heterocycles. The van der Waals surface area contributed by atoms with Crippen LogP contribution in [0.15, 0.2) is 83.8 Å². The van der Waals surface area contributed by atoms with Gasteiger partial charge in [0.15, 0.2) is 5.69 Å². The van der Waals surface area contributed by atoms with Crippen molar-refractivity contribution in [3.63, 3.8) is 0 Å². The number of rotatable bonds is 6. The van der Waals surface area contributed by atoms with Gasteiger partial charge in [-0.25, -0.2) is 13.1 Å². The van der Waals surface area contributed by atoms with Gasteiger partial charge in [0, 0.05) is 11.3 Å². The van der Waals surface area contributed by atoms with Gasteiger partial charge >= 0.3 is 0 Å². The van der Waals surface area contributed by atoms with Gasteiger partial charge in [0.2, 0.25) is 0 Å². The Morgan fingerprint density at radius 1 is 0.882 bits per heavy atom. The monoisotopic (exact) mass is 472 g/mol. The Balaban J connectivity index is 1.46. The number of carbonyl (C=O) groups excluding carboxylic acids is 1. The molecule has 0 aliphatic heterocycles. The van der Waals surface area contributed by atoms with Gasteiger partial charge in [-0.1, -0.05) is 48.5 Å². The number of fused-ring (bicyclic) bond motifs is 1. The van der Waals surface area contributed by atoms with Gasteiger partial charge in [-0.05, 0) is 62.1 Å². The summed E-state index contributed by atoms with van der Waals surface area (Å²) in [4.78, 5) is 13.5. The molecule has 2 N–H and O–H groups in total. The molecule has 0 atom stereocenters. The van der Waals surface area contributed by atoms with E-state index in [4.69, 9.17) is 0 Å². The fraction of sp³-hybridized carbons (Fsp3) is 0.154. The summed E-state index contributed by atoms with van der Waals surface area (Å²) in [5, 5.41) is 7.55. The minimum Gasteiger partial charge on any atom is -0.319 e. The summed E-state index contributed by atoms with van der Waals surface area (Å²) in [7, 11) is -3.80. The number of aryl methyl sites for hydroxylation is 1. The topological polar surface area (TPSA) is 93.1 Å². The van der Waals surface area contributed by atoms with Crippen LogP contribution >= 0.6 is 0 Å². The first-order chi connectivity index (χ1) is 16.4. The SMILES string of the molecule is Cc1ccccc1-n1nc(C(=O)Nc2ccccc2NS(=O)(=O)c2ccccc2)c2c1CCC2. The average Bonchev–Trinajstić information content (AvgIpc) is 3.44. The molecule has 0 unspecified atom stereocenters. The van der Waals surface area contributed by atoms with E-state index in [9.17, 15) is 13.2 Å². The molecule has 1 heterocycles. The Labute approximate surface area is 198 Å². The van der Waals surface area contributed by atoms with E-state index in [2.05, 4.69) is 15.1 Å². The molecule has 0 saturated heterocycles. The maximum Gasteiger partial charge on any atom is 0.276 e. The van der Waals surface area contributed by atoms with Crippen LogP contribution in [0.4, 0.5) is 11.4 Å². The van der Waals surface area contributed by atoms with Crippen molar-refractivity contribution < 1.29 is 13.2 Å². The summed E-state index contributed by atoms with van der Waals surface area (Å²) in [6.07, 6.45) is 2.61. The summed E-state index contributed by atoms with van der Waals surface area (Å²) < 4.78 is 30.1. The zero-order valence-electron chi connectivity index (χ0n) is 18.7. The second-order valence-corrected chi connectivity index (χ2v) is 9.93. The highest BCUT2D eigenvalue weighted by Gasteiger charge is 2.28. The number of hydrogen-bond acceptors (Lipinski definition) is 4. The predicted molar refractivity (Wildman–Crippen MR) is 132 cm³/mol. The maximum atomic E-state index is 13.3. The second kappa shape index (κ2) is 8.79. The first-order valence-electron chi connectivity index (χ1n) is 11.1. The number of hydrogen-bond donors (Lipinski definition) is 2. The zero-order chi connectivity index (χ0) is 23.7. The van der Waals surface area contributed by atoms with Crippen molar-refractivity contribution in [3.05, 3.63) is 101 Å². The van der Waals surface area contributed by atoms with Gasteiger partial charge in [0.25, 0.3) is 15.9 Å². The lowest BCUT2D eigenvalue weighted by Crippen LogP contribution is -2.18. The second-order valence-electron chi connectivity index (χ2n) is 8.24. The third-order valence-electron chi connectivity index (χ3n) is 5.96. The summed E-state index contributed by atoms with van der Waals surface area (Å²) >= 11 is 0. The van der Waals surface area contributed by atoms with Gasteiger partial charge < -0.3 is 5.32 Å². The number of nitrogens with one attached hydrogen (secondary N) is 2. The van der Waals surface area contributed by atoms with Crippen LogP contribution in [-0.2, 0) is 22.9 Å². The molecule has 4 aromatic rings. The summed E-state index contributed by atoms with van der Waals surface area (Å²) in [5.41, 5.74) is 5.05. The minimum absolute atomic E-state index is 0.144. The Hall–Kier alpha value is -3.91. The van der Waals surface area contributed by atoms with Gasteiger partial charge in [-0.2, -0.15) is 5.10 Å². The number of anilines is 2. The van der Waals surface area contributed by atoms with Crippen molar-refractivity contribution in [2.75, 3.05) is 10.0 Å². The number of aromatic nitrogens is 2. The fourth-order valence-corrected chi connectivity index (χ4v) is 5.39. The molecular formula is C26H24N4O3S. The van der Waals surface area contributed by atoms with Crippen molar-refractivity contribution >= 4 is 27.3 Å². The number of para-hydroxylation sites is 3. The van der Waals surface area contributed by atoms with Crippen LogP contribution in [0, 0.1) is 6.92 Å². The molecule has 3 aromatic carbocycles. The van der Waals surface area contributed by atoms with Crippen molar-refractivity contribution in [2.24, 2.45) is 0 Å². The molecule has 0 bridgehead atoms. The van der Waals surface area contributed by atoms with E-state index in [1.807, 2.05) is 35.9 Å². The summed E-state index contributed by atoms with van der Waals surface area (Å²) in [5.74, 6) is -0.364. The molecule has 7 nitrogen and oxygen atoms in total. The van der Waals surface area contributed by atoms with Gasteiger partial charge in [0.1, 0.15) is 0 Å². The predicted octanol–water partition coefficient (Wildman–Crippen LogP) is 4.72. The molecule has 8 heteroatoms. The maximum absolute atomic E-state index is 13.3. The van der Waals surface area contributed by atoms with Crippen LogP contribution in [0.25, 0.3) is 5.69 Å². The first-order valence-corrected chi connectivity index (χ1v) is 12.6. The van der Waals surface area contributed by atoms with E-state index in [1.54, 1.807) is 42.5 Å². The third-order valence-corrected chi connectivity index (χ3v) is 7.34. The van der Waals surface area contributed by atoms with Gasteiger partial charge in [-0.3, -0.25) is 9.52 Å². The molecule has 1 aliphatic rings. The Kier molecular flexibility index (Phi) is 5.67. The number of sulfonamides is 1. The van der Waals surface area contributed by atoms with Crippen LogP contribution in [0.5, 0.6) is 0 Å². The van der Waals surface area contributed by atoms with Crippen LogP contribution < -0.4 is 10.0 Å². The van der Waals surface area contributed by atoms with E-state index >= 15 is 0 Å². The molecule has 1 aliphatic carbocycles. The van der Waals surface area contributed by atoms with Crippen molar-refractivity contribution in [1.29, 1.82) is 0 Å². The zero-order valence-corrected chi connectivity index (χ0v) is 19.5. The highest BCUT2D eigenvalue weighted by molar-refractivity contribution is 7.92. The molecular weight excluding hydrogens is 448 g/mol. The lowest BCUT2D eigenvalue weighted by molar-refractivity contribution is 0.102. The molecule has 0 fully saturated rings. The average molecular weight is 473 g/mol. The molecule has 34 heavy (non-hydrogen) atoms. The number of benzene rings is 3. The minimum atomic E-state index is -3.80. The van der Waals surface area contributed by atoms with Crippen LogP contribution in [0.2, 0.25) is 0 Å². The van der Waals surface area contributed by atoms with Crippen molar-refractivity contribution in [2.45, 2.75) is 31.1 Å². The summed E-state index contributed by atoms with van der Waals surface area (Å²) in [6.45, 7) is 2.02. The molecule has 5 rings (SSSR count). The van der Waals surface area contributed by atoms with E-state index < -0.39 is 10.0 Å². The lowest BCUT2D eigenvalue weighted by atomic mass is 10.1. The lowest BCUT2D eigenvalue weighted by Gasteiger charge is -2.13. The Morgan fingerprint density at radius 2 is 1.56 bits per heavy atom. The number of carbonyl (C=O) groups is 1. The highest BCUT2D eigenvalue weighted by Crippen LogP contribution is 2.30. The van der Waals surface area contributed by atoms with E-state index in [1.165, 1.54) is 12.1 Å². The van der Waals surface area contributed by atoms with Crippen LogP contribution in [0.3, 0.4) is 0 Å². The van der Waals surface area contributed by atoms with E-state index in [0.717, 1.165) is 41.8 Å². The van der Waals surface area contributed by atoms with Crippen LogP contribution in [0.1, 0.15) is 33.7 Å². The summed E-state index contributed by atoms with van der Waals surface area (Å²) in [6, 6.07) is 22.8. The number of nitrogens with zero attached hydrogens (tertiary/aromatic N) is 2.